The van der Waals surface area contributed by atoms with Crippen LogP contribution in [0.5, 0.6) is 5.88 Å². The van der Waals surface area contributed by atoms with Gasteiger partial charge in [0.05, 0.1) is 22.4 Å². The molecule has 1 aliphatic heterocycles. The first-order valence-corrected chi connectivity index (χ1v) is 9.15. The van der Waals surface area contributed by atoms with E-state index >= 15 is 0 Å². The fourth-order valence-electron chi connectivity index (χ4n) is 2.51. The highest BCUT2D eigenvalue weighted by Crippen LogP contribution is 2.21. The zero-order valence-corrected chi connectivity index (χ0v) is 14.6. The molecule has 0 spiro atoms. The Morgan fingerprint density at radius 1 is 1.17 bits per heavy atom. The molecule has 1 aliphatic rings. The number of hydrogen-bond donors (Lipinski definition) is 0. The maximum Gasteiger partial charge on any atom is 0.224 e. The predicted molar refractivity (Wildman–Crippen MR) is 92.1 cm³/mol. The average Bonchev–Trinajstić information content (AvgIpc) is 2.48. The highest BCUT2D eigenvalue weighted by molar-refractivity contribution is 7.91. The molecule has 1 aromatic carbocycles. The van der Waals surface area contributed by atoms with Crippen molar-refractivity contribution in [2.24, 2.45) is 0 Å². The van der Waals surface area contributed by atoms with Gasteiger partial charge in [0.2, 0.25) is 5.88 Å². The monoisotopic (exact) mass is 357 g/mol. The number of aromatic nitrogens is 2. The molecular weight excluding hydrogens is 338 g/mol. The van der Waals surface area contributed by atoms with Crippen LogP contribution in [0.2, 0.25) is 0 Å². The number of rotatable bonds is 4. The summed E-state index contributed by atoms with van der Waals surface area (Å²) in [6.45, 7) is 4.19. The van der Waals surface area contributed by atoms with E-state index in [-0.39, 0.29) is 23.9 Å². The van der Waals surface area contributed by atoms with E-state index in [0.717, 1.165) is 10.9 Å². The van der Waals surface area contributed by atoms with Gasteiger partial charge in [-0.05, 0) is 19.1 Å². The highest BCUT2D eigenvalue weighted by Gasteiger charge is 2.21. The number of sulfone groups is 1. The van der Waals surface area contributed by atoms with Gasteiger partial charge in [0.1, 0.15) is 12.4 Å². The van der Waals surface area contributed by atoms with Gasteiger partial charge in [-0.2, -0.15) is 4.98 Å². The van der Waals surface area contributed by atoms with E-state index in [2.05, 4.69) is 14.9 Å². The second-order valence-electron chi connectivity index (χ2n) is 5.44. The number of benzene rings is 1. The van der Waals surface area contributed by atoms with Crippen LogP contribution in [0.25, 0.3) is 10.9 Å². The average molecular weight is 358 g/mol. The van der Waals surface area contributed by atoms with Gasteiger partial charge < -0.3 is 4.74 Å². The fourth-order valence-corrected chi connectivity index (χ4v) is 3.79. The van der Waals surface area contributed by atoms with E-state index < -0.39 is 9.84 Å². The number of hydrogen-bond acceptors (Lipinski definition) is 6. The van der Waals surface area contributed by atoms with E-state index in [1.807, 2.05) is 31.2 Å². The Bertz CT molecular complexity index is 769. The molecule has 0 N–H and O–H groups in total. The van der Waals surface area contributed by atoms with Crippen molar-refractivity contribution in [1.82, 2.24) is 14.9 Å². The zero-order valence-electron chi connectivity index (χ0n) is 12.9. The van der Waals surface area contributed by atoms with Gasteiger partial charge in [-0.15, -0.1) is 12.4 Å². The van der Waals surface area contributed by atoms with Gasteiger partial charge >= 0.3 is 0 Å². The van der Waals surface area contributed by atoms with Gasteiger partial charge in [-0.3, -0.25) is 4.90 Å². The van der Waals surface area contributed by atoms with Gasteiger partial charge in [0.15, 0.2) is 9.84 Å². The Labute approximate surface area is 142 Å². The highest BCUT2D eigenvalue weighted by atomic mass is 35.5. The molecule has 2 heterocycles. The second kappa shape index (κ2) is 7.42. The van der Waals surface area contributed by atoms with Crippen LogP contribution in [0.3, 0.4) is 0 Å². The van der Waals surface area contributed by atoms with Crippen LogP contribution in [0.15, 0.2) is 24.3 Å². The van der Waals surface area contributed by atoms with Crippen LogP contribution in [-0.4, -0.2) is 61.0 Å². The van der Waals surface area contributed by atoms with Crippen molar-refractivity contribution in [3.8, 4) is 5.88 Å². The minimum Gasteiger partial charge on any atom is -0.476 e. The minimum absolute atomic E-state index is 0. The maximum absolute atomic E-state index is 11.4. The summed E-state index contributed by atoms with van der Waals surface area (Å²) in [4.78, 5) is 10.8. The van der Waals surface area contributed by atoms with Crippen molar-refractivity contribution in [3.05, 3.63) is 30.1 Å². The molecule has 1 fully saturated rings. The van der Waals surface area contributed by atoms with E-state index in [9.17, 15) is 8.42 Å². The molecule has 1 aromatic heterocycles. The molecule has 0 unspecified atom stereocenters. The SMILES string of the molecule is Cc1nc(OCCN2CCS(=O)(=O)CC2)c2ccccc2n1.Cl. The van der Waals surface area contributed by atoms with E-state index in [1.54, 1.807) is 0 Å². The van der Waals surface area contributed by atoms with Crippen LogP contribution in [0.4, 0.5) is 0 Å². The van der Waals surface area contributed by atoms with Crippen LogP contribution in [0.1, 0.15) is 5.82 Å². The number of aryl methyl sites for hydroxylation is 1. The number of para-hydroxylation sites is 1. The third kappa shape index (κ3) is 4.53. The van der Waals surface area contributed by atoms with Crippen molar-refractivity contribution in [1.29, 1.82) is 0 Å². The molecule has 6 nitrogen and oxygen atoms in total. The number of halogens is 1. The van der Waals surface area contributed by atoms with Gasteiger partial charge in [-0.25, -0.2) is 13.4 Å². The summed E-state index contributed by atoms with van der Waals surface area (Å²) >= 11 is 0. The topological polar surface area (TPSA) is 72.4 Å². The Morgan fingerprint density at radius 3 is 2.61 bits per heavy atom. The number of nitrogens with zero attached hydrogens (tertiary/aromatic N) is 3. The van der Waals surface area contributed by atoms with E-state index in [0.29, 0.717) is 37.9 Å². The van der Waals surface area contributed by atoms with Crippen LogP contribution < -0.4 is 4.74 Å². The molecule has 8 heteroatoms. The molecule has 0 radical (unpaired) electrons. The van der Waals surface area contributed by atoms with E-state index in [1.165, 1.54) is 0 Å². The Morgan fingerprint density at radius 2 is 1.87 bits per heavy atom. The smallest absolute Gasteiger partial charge is 0.224 e. The summed E-state index contributed by atoms with van der Waals surface area (Å²) in [5.41, 5.74) is 0.870. The standard InChI is InChI=1S/C15H19N3O3S.ClH/c1-12-16-14-5-3-2-4-13(14)15(17-12)21-9-6-18-7-10-22(19,20)11-8-18;/h2-5H,6-11H2,1H3;1H. The van der Waals surface area contributed by atoms with Crippen LogP contribution in [-0.2, 0) is 9.84 Å². The summed E-state index contributed by atoms with van der Waals surface area (Å²) in [6.07, 6.45) is 0. The first kappa shape index (κ1) is 17.9. The molecule has 3 rings (SSSR count). The van der Waals surface area contributed by atoms with Crippen LogP contribution >= 0.6 is 12.4 Å². The largest absolute Gasteiger partial charge is 0.476 e. The number of fused-ring (bicyclic) bond motifs is 1. The molecule has 2 aromatic rings. The Balaban J connectivity index is 0.00000192. The molecule has 0 atom stereocenters. The summed E-state index contributed by atoms with van der Waals surface area (Å²) in [7, 11) is -2.83. The maximum atomic E-state index is 11.4. The van der Waals surface area contributed by atoms with Crippen LogP contribution in [0, 0.1) is 6.92 Å². The van der Waals surface area contributed by atoms with Crippen molar-refractivity contribution in [2.75, 3.05) is 37.7 Å². The molecule has 0 saturated carbocycles. The second-order valence-corrected chi connectivity index (χ2v) is 7.74. The summed E-state index contributed by atoms with van der Waals surface area (Å²) in [6, 6.07) is 7.75. The van der Waals surface area contributed by atoms with Gasteiger partial charge in [0.25, 0.3) is 0 Å². The summed E-state index contributed by atoms with van der Waals surface area (Å²) in [5.74, 6) is 1.75. The van der Waals surface area contributed by atoms with Gasteiger partial charge in [0, 0.05) is 19.6 Å². The Hall–Kier alpha value is -1.44. The normalized spacial score (nSPS) is 17.6. The molecule has 0 amide bonds. The van der Waals surface area contributed by atoms with Crippen molar-refractivity contribution in [2.45, 2.75) is 6.92 Å². The first-order chi connectivity index (χ1) is 10.5. The lowest BCUT2D eigenvalue weighted by molar-refractivity contribution is 0.216. The minimum atomic E-state index is -2.83. The molecular formula is C15H20ClN3O3S. The lowest BCUT2D eigenvalue weighted by Crippen LogP contribution is -2.42. The van der Waals surface area contributed by atoms with E-state index in [4.69, 9.17) is 4.74 Å². The molecule has 1 saturated heterocycles. The molecule has 0 aliphatic carbocycles. The lowest BCUT2D eigenvalue weighted by Gasteiger charge is -2.26. The summed E-state index contributed by atoms with van der Waals surface area (Å²) in [5, 5.41) is 0.898. The first-order valence-electron chi connectivity index (χ1n) is 7.32. The fraction of sp³-hybridized carbons (Fsp3) is 0.467. The predicted octanol–water partition coefficient (Wildman–Crippen LogP) is 1.47. The molecule has 23 heavy (non-hydrogen) atoms. The molecule has 126 valence electrons. The zero-order chi connectivity index (χ0) is 15.6. The number of ether oxygens (including phenoxy) is 1. The Kier molecular flexibility index (Phi) is 5.78. The van der Waals surface area contributed by atoms with Crippen molar-refractivity contribution < 1.29 is 13.2 Å². The quantitative estimate of drug-likeness (QED) is 0.825. The molecule has 0 bridgehead atoms. The van der Waals surface area contributed by atoms with Crippen molar-refractivity contribution in [3.63, 3.8) is 0 Å². The summed E-state index contributed by atoms with van der Waals surface area (Å²) < 4.78 is 28.6. The van der Waals surface area contributed by atoms with Crippen molar-refractivity contribution >= 4 is 33.1 Å². The third-order valence-corrected chi connectivity index (χ3v) is 5.37. The lowest BCUT2D eigenvalue weighted by atomic mass is 10.2. The third-order valence-electron chi connectivity index (χ3n) is 3.76. The van der Waals surface area contributed by atoms with Gasteiger partial charge in [-0.1, -0.05) is 12.1 Å².